The first-order valence-corrected chi connectivity index (χ1v) is 17.0. The standard InChI is InChI=1S/C28H26F4N2O8S3/c1-27(2)18-7-6-15(29)13-19(18)43-24-20(27)22(35)21(28(30,31)32)25(23(24)36)44(39,40)33-16-8-10-34(11-9-16)45(41,42)17-5-3-4-14(12-17)26(37)38/h3-7,12-13,16,33,35-36H,8-11H2,1-2H3,(H,37,38). The molecule has 0 aliphatic carbocycles. The van der Waals surface area contributed by atoms with E-state index in [0.29, 0.717) is 17.3 Å². The molecular formula is C28H26F4N2O8S3. The second-order valence-corrected chi connectivity index (χ2v) is 15.7. The molecule has 0 aromatic heterocycles. The second kappa shape index (κ2) is 11.2. The molecule has 4 N–H and O–H groups in total. The molecule has 0 unspecified atom stereocenters. The molecule has 2 heterocycles. The maximum absolute atomic E-state index is 14.5. The van der Waals surface area contributed by atoms with Crippen LogP contribution in [0.15, 0.2) is 62.0 Å². The van der Waals surface area contributed by atoms with Crippen molar-refractivity contribution in [3.63, 3.8) is 0 Å². The number of alkyl halides is 3. The van der Waals surface area contributed by atoms with Crippen molar-refractivity contribution in [3.8, 4) is 11.5 Å². The first-order valence-electron chi connectivity index (χ1n) is 13.3. The summed E-state index contributed by atoms with van der Waals surface area (Å²) in [6.45, 7) is 2.39. The third-order valence-electron chi connectivity index (χ3n) is 7.86. The van der Waals surface area contributed by atoms with Crippen molar-refractivity contribution in [2.45, 2.75) is 63.9 Å². The number of piperidine rings is 1. The predicted molar refractivity (Wildman–Crippen MR) is 153 cm³/mol. The van der Waals surface area contributed by atoms with Crippen molar-refractivity contribution in [2.75, 3.05) is 13.1 Å². The molecule has 2 aliphatic heterocycles. The van der Waals surface area contributed by atoms with Gasteiger partial charge in [-0.3, -0.25) is 0 Å². The minimum absolute atomic E-state index is 0.176. The van der Waals surface area contributed by atoms with Gasteiger partial charge in [0.15, 0.2) is 5.75 Å². The number of carbonyl (C=O) groups is 1. The van der Waals surface area contributed by atoms with Crippen LogP contribution in [0.2, 0.25) is 0 Å². The number of rotatable bonds is 6. The van der Waals surface area contributed by atoms with E-state index >= 15 is 0 Å². The maximum atomic E-state index is 14.5. The molecule has 242 valence electrons. The van der Waals surface area contributed by atoms with Gasteiger partial charge in [-0.1, -0.05) is 37.7 Å². The summed E-state index contributed by atoms with van der Waals surface area (Å²) in [5.41, 5.74) is -3.65. The van der Waals surface area contributed by atoms with Crippen LogP contribution in [0.25, 0.3) is 0 Å². The average molecular weight is 691 g/mol. The molecule has 3 aromatic carbocycles. The van der Waals surface area contributed by atoms with Gasteiger partial charge in [-0.25, -0.2) is 30.7 Å². The third-order valence-corrected chi connectivity index (χ3v) is 12.5. The first-order chi connectivity index (χ1) is 20.8. The first kappa shape index (κ1) is 33.0. The van der Waals surface area contributed by atoms with Crippen molar-refractivity contribution in [1.82, 2.24) is 9.03 Å². The van der Waals surface area contributed by atoms with E-state index in [-0.39, 0.29) is 51.7 Å². The van der Waals surface area contributed by atoms with Crippen LogP contribution in [0.1, 0.15) is 53.7 Å². The Morgan fingerprint density at radius 1 is 1.02 bits per heavy atom. The molecule has 0 spiro atoms. The Bertz CT molecular complexity index is 1940. The van der Waals surface area contributed by atoms with Crippen molar-refractivity contribution in [3.05, 3.63) is 70.5 Å². The Morgan fingerprint density at radius 3 is 2.27 bits per heavy atom. The summed E-state index contributed by atoms with van der Waals surface area (Å²) in [6, 6.07) is 7.10. The lowest BCUT2D eigenvalue weighted by Crippen LogP contribution is -2.46. The van der Waals surface area contributed by atoms with Gasteiger partial charge in [-0.15, -0.1) is 0 Å². The zero-order valence-corrected chi connectivity index (χ0v) is 26.0. The summed E-state index contributed by atoms with van der Waals surface area (Å²) in [5.74, 6) is -4.68. The Kier molecular flexibility index (Phi) is 8.18. The number of hydrogen-bond donors (Lipinski definition) is 4. The zero-order chi connectivity index (χ0) is 33.3. The lowest BCUT2D eigenvalue weighted by Gasteiger charge is -2.37. The highest BCUT2D eigenvalue weighted by Crippen LogP contribution is 2.59. The van der Waals surface area contributed by atoms with Crippen LogP contribution in [-0.4, -0.2) is 61.6 Å². The molecule has 1 saturated heterocycles. The molecule has 0 radical (unpaired) electrons. The number of nitrogens with one attached hydrogen (secondary N) is 1. The molecule has 1 fully saturated rings. The normalized spacial score (nSPS) is 17.5. The highest BCUT2D eigenvalue weighted by Gasteiger charge is 2.49. The number of phenolic OH excluding ortho intramolecular Hbond substituents is 2. The van der Waals surface area contributed by atoms with E-state index < -0.39 is 71.4 Å². The summed E-state index contributed by atoms with van der Waals surface area (Å²) < 4.78 is 114. The van der Waals surface area contributed by atoms with Crippen LogP contribution in [0.3, 0.4) is 0 Å². The van der Waals surface area contributed by atoms with Crippen LogP contribution in [-0.2, 0) is 31.6 Å². The number of sulfonamides is 2. The predicted octanol–water partition coefficient (Wildman–Crippen LogP) is 4.88. The van der Waals surface area contributed by atoms with Crippen molar-refractivity contribution in [1.29, 1.82) is 0 Å². The van der Waals surface area contributed by atoms with E-state index in [0.717, 1.165) is 22.5 Å². The fraction of sp³-hybridized carbons (Fsp3) is 0.321. The molecule has 0 amide bonds. The van der Waals surface area contributed by atoms with Crippen LogP contribution in [0.5, 0.6) is 11.5 Å². The lowest BCUT2D eigenvalue weighted by atomic mass is 9.76. The van der Waals surface area contributed by atoms with Gasteiger partial charge in [0.2, 0.25) is 20.0 Å². The second-order valence-electron chi connectivity index (χ2n) is 11.1. The Morgan fingerprint density at radius 2 is 1.67 bits per heavy atom. The summed E-state index contributed by atoms with van der Waals surface area (Å²) in [4.78, 5) is 9.19. The van der Waals surface area contributed by atoms with E-state index in [1.165, 1.54) is 38.1 Å². The monoisotopic (exact) mass is 690 g/mol. The maximum Gasteiger partial charge on any atom is 0.421 e. The number of halogens is 4. The fourth-order valence-corrected chi connectivity index (χ4v) is 10.3. The number of carboxylic acids is 1. The third kappa shape index (κ3) is 5.75. The van der Waals surface area contributed by atoms with E-state index in [2.05, 4.69) is 4.72 Å². The van der Waals surface area contributed by atoms with E-state index in [4.69, 9.17) is 0 Å². The largest absolute Gasteiger partial charge is 0.507 e. The van der Waals surface area contributed by atoms with Gasteiger partial charge in [-0.2, -0.15) is 17.5 Å². The van der Waals surface area contributed by atoms with E-state index in [1.54, 1.807) is 0 Å². The van der Waals surface area contributed by atoms with Crippen LogP contribution < -0.4 is 4.72 Å². The molecule has 17 heteroatoms. The number of hydrogen-bond acceptors (Lipinski definition) is 8. The highest BCUT2D eigenvalue weighted by atomic mass is 32.2. The lowest BCUT2D eigenvalue weighted by molar-refractivity contribution is -0.141. The SMILES string of the molecule is CC1(C)c2ccc(F)cc2Sc2c(O)c(S(=O)(=O)NC3CCN(S(=O)(=O)c4cccc(C(=O)O)c4)CC3)c(C(F)(F)F)c(O)c21. The molecule has 0 bridgehead atoms. The van der Waals surface area contributed by atoms with Gasteiger partial charge in [0.05, 0.1) is 15.4 Å². The summed E-state index contributed by atoms with van der Waals surface area (Å²) in [5, 5.41) is 31.4. The van der Waals surface area contributed by atoms with E-state index in [9.17, 15) is 54.5 Å². The number of benzene rings is 3. The summed E-state index contributed by atoms with van der Waals surface area (Å²) in [7, 11) is -9.39. The molecule has 0 atom stereocenters. The molecule has 5 rings (SSSR count). The minimum atomic E-state index is -5.44. The molecule has 2 aliphatic rings. The van der Waals surface area contributed by atoms with Gasteiger partial charge >= 0.3 is 12.1 Å². The number of nitrogens with zero attached hydrogens (tertiary/aromatic N) is 1. The van der Waals surface area contributed by atoms with Crippen molar-refractivity contribution < 1.29 is 54.5 Å². The Balaban J connectivity index is 1.48. The van der Waals surface area contributed by atoms with Gasteiger partial charge < -0.3 is 15.3 Å². The number of aromatic hydroxyl groups is 2. The number of aromatic carboxylic acids is 1. The number of carboxylic acid groups (broad SMARTS) is 1. The molecule has 3 aromatic rings. The van der Waals surface area contributed by atoms with Crippen LogP contribution in [0, 0.1) is 5.82 Å². The molecule has 45 heavy (non-hydrogen) atoms. The van der Waals surface area contributed by atoms with Crippen LogP contribution in [0.4, 0.5) is 17.6 Å². The quantitative estimate of drug-likeness (QED) is 0.209. The van der Waals surface area contributed by atoms with Gasteiger partial charge in [0.1, 0.15) is 22.0 Å². The van der Waals surface area contributed by atoms with Crippen molar-refractivity contribution in [2.24, 2.45) is 0 Å². The molecule has 10 nitrogen and oxygen atoms in total. The van der Waals surface area contributed by atoms with Gasteiger partial charge in [0.25, 0.3) is 0 Å². The van der Waals surface area contributed by atoms with Crippen LogP contribution >= 0.6 is 11.8 Å². The van der Waals surface area contributed by atoms with E-state index in [1.807, 2.05) is 0 Å². The Labute approximate surface area is 259 Å². The summed E-state index contributed by atoms with van der Waals surface area (Å²) >= 11 is 0.619. The van der Waals surface area contributed by atoms with Gasteiger partial charge in [-0.05, 0) is 48.7 Å². The number of phenols is 2. The topological polar surface area (TPSA) is 161 Å². The molecular weight excluding hydrogens is 665 g/mol. The minimum Gasteiger partial charge on any atom is -0.507 e. The average Bonchev–Trinajstić information content (AvgIpc) is 2.93. The Hall–Kier alpha value is -3.38. The number of fused-ring (bicyclic) bond motifs is 2. The highest BCUT2D eigenvalue weighted by molar-refractivity contribution is 7.99. The smallest absolute Gasteiger partial charge is 0.421 e. The zero-order valence-electron chi connectivity index (χ0n) is 23.5. The van der Waals surface area contributed by atoms with Gasteiger partial charge in [0, 0.05) is 35.0 Å². The molecule has 0 saturated carbocycles. The van der Waals surface area contributed by atoms with Crippen molar-refractivity contribution >= 4 is 37.8 Å². The fourth-order valence-electron chi connectivity index (χ4n) is 5.66. The summed E-state index contributed by atoms with van der Waals surface area (Å²) in [6.07, 6.45) is -5.79.